The molecule has 1 N–H and O–H groups in total. The van der Waals surface area contributed by atoms with Crippen molar-refractivity contribution in [2.24, 2.45) is 0 Å². The molecular formula is C13H5F4IN2S. The molecule has 0 fully saturated rings. The SMILES string of the molecule is Fc1cc(F)c(F)c(-n2c(=S)[nH]c3cc(I)ccc32)c1F. The van der Waals surface area contributed by atoms with Crippen LogP contribution in [0.3, 0.4) is 0 Å². The maximum atomic E-state index is 13.9. The van der Waals surface area contributed by atoms with Crippen LogP contribution < -0.4 is 0 Å². The van der Waals surface area contributed by atoms with E-state index in [-0.39, 0.29) is 10.8 Å². The third-order valence-electron chi connectivity index (χ3n) is 2.96. The van der Waals surface area contributed by atoms with Gasteiger partial charge in [-0.1, -0.05) is 0 Å². The smallest absolute Gasteiger partial charge is 0.186 e. The fraction of sp³-hybridized carbons (Fsp3) is 0. The maximum absolute atomic E-state index is 13.9. The lowest BCUT2D eigenvalue weighted by atomic mass is 10.2. The average molecular weight is 424 g/mol. The zero-order valence-electron chi connectivity index (χ0n) is 10.1. The van der Waals surface area contributed by atoms with Gasteiger partial charge in [0.15, 0.2) is 28.0 Å². The van der Waals surface area contributed by atoms with Gasteiger partial charge in [-0.15, -0.1) is 0 Å². The largest absolute Gasteiger partial charge is 0.330 e. The third-order valence-corrected chi connectivity index (χ3v) is 3.91. The Bertz CT molecular complexity index is 906. The molecule has 3 aromatic rings. The van der Waals surface area contributed by atoms with E-state index in [1.165, 1.54) is 0 Å². The van der Waals surface area contributed by atoms with Gasteiger partial charge in [0.1, 0.15) is 5.69 Å². The maximum Gasteiger partial charge on any atom is 0.186 e. The molecule has 0 aliphatic heterocycles. The van der Waals surface area contributed by atoms with Crippen molar-refractivity contribution in [1.29, 1.82) is 0 Å². The van der Waals surface area contributed by atoms with E-state index in [1.54, 1.807) is 18.2 Å². The summed E-state index contributed by atoms with van der Waals surface area (Å²) in [6.45, 7) is 0. The highest BCUT2D eigenvalue weighted by Gasteiger charge is 2.22. The van der Waals surface area contributed by atoms with E-state index in [0.29, 0.717) is 11.0 Å². The van der Waals surface area contributed by atoms with Crippen molar-refractivity contribution in [3.63, 3.8) is 0 Å². The van der Waals surface area contributed by atoms with E-state index in [1.807, 2.05) is 0 Å². The van der Waals surface area contributed by atoms with E-state index in [2.05, 4.69) is 27.6 Å². The molecule has 0 aliphatic carbocycles. The number of aromatic amines is 1. The molecular weight excluding hydrogens is 419 g/mol. The molecule has 0 bridgehead atoms. The minimum absolute atomic E-state index is 0.0604. The summed E-state index contributed by atoms with van der Waals surface area (Å²) in [5, 5.41) is 0. The van der Waals surface area contributed by atoms with Gasteiger partial charge < -0.3 is 4.98 Å². The monoisotopic (exact) mass is 424 g/mol. The van der Waals surface area contributed by atoms with Crippen molar-refractivity contribution in [2.75, 3.05) is 0 Å². The molecule has 3 rings (SSSR count). The zero-order chi connectivity index (χ0) is 15.3. The summed E-state index contributed by atoms with van der Waals surface area (Å²) in [4.78, 5) is 2.75. The van der Waals surface area contributed by atoms with Gasteiger partial charge in [0.05, 0.1) is 11.0 Å². The molecule has 8 heteroatoms. The first-order chi connectivity index (χ1) is 9.90. The van der Waals surface area contributed by atoms with Crippen LogP contribution in [0.4, 0.5) is 17.6 Å². The zero-order valence-corrected chi connectivity index (χ0v) is 13.0. The van der Waals surface area contributed by atoms with E-state index in [4.69, 9.17) is 12.2 Å². The fourth-order valence-corrected chi connectivity index (χ4v) is 2.85. The second kappa shape index (κ2) is 5.09. The molecule has 0 amide bonds. The lowest BCUT2D eigenvalue weighted by molar-refractivity contribution is 0.448. The minimum atomic E-state index is -1.50. The van der Waals surface area contributed by atoms with Gasteiger partial charge in [-0.05, 0) is 53.0 Å². The number of imidazole rings is 1. The second-order valence-corrected chi connectivity index (χ2v) is 5.88. The van der Waals surface area contributed by atoms with Crippen LogP contribution in [0.25, 0.3) is 16.7 Å². The van der Waals surface area contributed by atoms with Gasteiger partial charge in [0, 0.05) is 9.64 Å². The molecule has 0 saturated carbocycles. The fourth-order valence-electron chi connectivity index (χ4n) is 2.06. The van der Waals surface area contributed by atoms with Crippen molar-refractivity contribution in [1.82, 2.24) is 9.55 Å². The highest BCUT2D eigenvalue weighted by atomic mass is 127. The summed E-state index contributed by atoms with van der Waals surface area (Å²) in [5.74, 6) is -5.95. The Morgan fingerprint density at radius 2 is 1.62 bits per heavy atom. The van der Waals surface area contributed by atoms with E-state index < -0.39 is 29.0 Å². The molecule has 2 nitrogen and oxygen atoms in total. The first-order valence-corrected chi connectivity index (χ1v) is 7.12. The summed E-state index contributed by atoms with van der Waals surface area (Å²) >= 11 is 7.07. The van der Waals surface area contributed by atoms with Crippen LogP contribution in [0.5, 0.6) is 0 Å². The van der Waals surface area contributed by atoms with Crippen molar-refractivity contribution >= 4 is 45.8 Å². The molecule has 2 aromatic carbocycles. The Kier molecular flexibility index (Phi) is 3.52. The van der Waals surface area contributed by atoms with Crippen molar-refractivity contribution < 1.29 is 17.6 Å². The molecule has 0 aliphatic rings. The number of rotatable bonds is 1. The van der Waals surface area contributed by atoms with Crippen LogP contribution >= 0.6 is 34.8 Å². The Labute approximate surface area is 134 Å². The van der Waals surface area contributed by atoms with E-state index in [9.17, 15) is 17.6 Å². The summed E-state index contributed by atoms with van der Waals surface area (Å²) in [7, 11) is 0. The first kappa shape index (κ1) is 14.5. The van der Waals surface area contributed by atoms with Crippen molar-refractivity contribution in [3.8, 4) is 5.69 Å². The summed E-state index contributed by atoms with van der Waals surface area (Å²) in [6.07, 6.45) is 0. The number of nitrogens with zero attached hydrogens (tertiary/aromatic N) is 1. The number of fused-ring (bicyclic) bond motifs is 1. The minimum Gasteiger partial charge on any atom is -0.330 e. The third kappa shape index (κ3) is 2.26. The number of nitrogens with one attached hydrogen (secondary N) is 1. The van der Waals surface area contributed by atoms with Gasteiger partial charge in [-0.3, -0.25) is 4.57 Å². The Morgan fingerprint density at radius 3 is 2.24 bits per heavy atom. The van der Waals surface area contributed by atoms with Crippen LogP contribution in [0.1, 0.15) is 0 Å². The van der Waals surface area contributed by atoms with Gasteiger partial charge >= 0.3 is 0 Å². The van der Waals surface area contributed by atoms with Crippen LogP contribution in [0.15, 0.2) is 24.3 Å². The number of H-pyrrole nitrogens is 1. The molecule has 21 heavy (non-hydrogen) atoms. The molecule has 0 spiro atoms. The normalized spacial score (nSPS) is 11.3. The van der Waals surface area contributed by atoms with Crippen molar-refractivity contribution in [2.45, 2.75) is 0 Å². The molecule has 0 unspecified atom stereocenters. The molecule has 1 aromatic heterocycles. The lowest BCUT2D eigenvalue weighted by Gasteiger charge is -2.09. The van der Waals surface area contributed by atoms with Crippen LogP contribution in [0, 0.1) is 31.6 Å². The van der Waals surface area contributed by atoms with E-state index >= 15 is 0 Å². The molecule has 0 radical (unpaired) electrons. The highest BCUT2D eigenvalue weighted by molar-refractivity contribution is 14.1. The quantitative estimate of drug-likeness (QED) is 0.257. The summed E-state index contributed by atoms with van der Waals surface area (Å²) < 4.78 is 56.3. The molecule has 1 heterocycles. The number of hydrogen-bond donors (Lipinski definition) is 1. The highest BCUT2D eigenvalue weighted by Crippen LogP contribution is 2.27. The Balaban J connectivity index is 2.47. The first-order valence-electron chi connectivity index (χ1n) is 5.64. The van der Waals surface area contributed by atoms with Crippen LogP contribution in [-0.4, -0.2) is 9.55 Å². The molecule has 108 valence electrons. The van der Waals surface area contributed by atoms with Crippen LogP contribution in [0.2, 0.25) is 0 Å². The number of aromatic nitrogens is 2. The van der Waals surface area contributed by atoms with E-state index in [0.717, 1.165) is 8.14 Å². The Hall–Kier alpha value is -1.42. The van der Waals surface area contributed by atoms with Crippen molar-refractivity contribution in [3.05, 3.63) is 55.9 Å². The molecule has 0 atom stereocenters. The van der Waals surface area contributed by atoms with Gasteiger partial charge in [0.25, 0.3) is 0 Å². The number of hydrogen-bond acceptors (Lipinski definition) is 1. The lowest BCUT2D eigenvalue weighted by Crippen LogP contribution is -2.06. The van der Waals surface area contributed by atoms with Gasteiger partial charge in [-0.25, -0.2) is 17.6 Å². The summed E-state index contributed by atoms with van der Waals surface area (Å²) in [5.41, 5.74) is -0.0384. The summed E-state index contributed by atoms with van der Waals surface area (Å²) in [6, 6.07) is 5.11. The van der Waals surface area contributed by atoms with Crippen LogP contribution in [-0.2, 0) is 0 Å². The predicted molar refractivity (Wildman–Crippen MR) is 81.0 cm³/mol. The average Bonchev–Trinajstić information content (AvgIpc) is 2.73. The predicted octanol–water partition coefficient (Wildman–Crippen LogP) is 4.85. The number of benzene rings is 2. The second-order valence-electron chi connectivity index (χ2n) is 4.24. The van der Waals surface area contributed by atoms with Gasteiger partial charge in [-0.2, -0.15) is 0 Å². The standard InChI is InChI=1S/C13H5F4IN2S/c14-6-4-7(15)11(17)12(10(6)16)20-9-2-1-5(18)3-8(9)19-13(20)21/h1-4H,(H,19,21). The molecule has 0 saturated heterocycles. The number of halogens is 5. The van der Waals surface area contributed by atoms with Gasteiger partial charge in [0.2, 0.25) is 0 Å². The Morgan fingerprint density at radius 1 is 1.00 bits per heavy atom. The topological polar surface area (TPSA) is 20.7 Å².